The lowest BCUT2D eigenvalue weighted by Gasteiger charge is -2.30. The maximum absolute atomic E-state index is 11.1. The molecule has 0 atom stereocenters. The van der Waals surface area contributed by atoms with E-state index in [4.69, 9.17) is 14.6 Å². The summed E-state index contributed by atoms with van der Waals surface area (Å²) < 4.78 is 7.79. The molecule has 1 aliphatic heterocycles. The lowest BCUT2D eigenvalue weighted by Crippen LogP contribution is -2.25. The summed E-state index contributed by atoms with van der Waals surface area (Å²) in [7, 11) is 0. The van der Waals surface area contributed by atoms with Crippen LogP contribution in [0, 0.1) is 5.41 Å². The van der Waals surface area contributed by atoms with Gasteiger partial charge in [-0.3, -0.25) is 9.48 Å². The summed E-state index contributed by atoms with van der Waals surface area (Å²) in [6.45, 7) is 8.41. The van der Waals surface area contributed by atoms with Crippen molar-refractivity contribution in [1.82, 2.24) is 19.9 Å². The van der Waals surface area contributed by atoms with Crippen molar-refractivity contribution in [2.75, 3.05) is 11.4 Å². The van der Waals surface area contributed by atoms with E-state index in [1.165, 1.54) is 11.3 Å². The van der Waals surface area contributed by atoms with E-state index in [1.54, 1.807) is 0 Å². The number of nitrogens with zero attached hydrogens (tertiary/aromatic N) is 5. The third kappa shape index (κ3) is 3.13. The van der Waals surface area contributed by atoms with E-state index < -0.39 is 0 Å². The van der Waals surface area contributed by atoms with E-state index >= 15 is 0 Å². The zero-order valence-corrected chi connectivity index (χ0v) is 17.8. The van der Waals surface area contributed by atoms with Crippen molar-refractivity contribution in [3.63, 3.8) is 0 Å². The topological polar surface area (TPSA) is 77.1 Å². The van der Waals surface area contributed by atoms with Crippen LogP contribution in [0.3, 0.4) is 0 Å². The average Bonchev–Trinajstić information content (AvgIpc) is 3.36. The molecule has 30 heavy (non-hydrogen) atoms. The Morgan fingerprint density at radius 1 is 1.27 bits per heavy atom. The quantitative estimate of drug-likeness (QED) is 0.600. The molecule has 0 saturated carbocycles. The minimum absolute atomic E-state index is 0.287. The van der Waals surface area contributed by atoms with Crippen LogP contribution < -0.4 is 4.90 Å². The van der Waals surface area contributed by atoms with Gasteiger partial charge in [0.05, 0.1) is 0 Å². The predicted octanol–water partition coefficient (Wildman–Crippen LogP) is 4.36. The number of hydrogen-bond donors (Lipinski definition) is 0. The van der Waals surface area contributed by atoms with E-state index in [-0.39, 0.29) is 5.41 Å². The maximum atomic E-state index is 11.1. The summed E-state index contributed by atoms with van der Waals surface area (Å²) in [6.07, 6.45) is 5.94. The van der Waals surface area contributed by atoms with Gasteiger partial charge in [0.25, 0.3) is 11.8 Å². The molecule has 156 valence electrons. The molecule has 2 aromatic heterocycles. The van der Waals surface area contributed by atoms with Crippen molar-refractivity contribution in [1.29, 1.82) is 0 Å². The third-order valence-corrected chi connectivity index (χ3v) is 6.38. The Hall–Kier alpha value is -2.96. The van der Waals surface area contributed by atoms with Crippen LogP contribution in [0.15, 0.2) is 22.7 Å². The Morgan fingerprint density at radius 3 is 2.93 bits per heavy atom. The summed E-state index contributed by atoms with van der Waals surface area (Å²) in [5.41, 5.74) is 6.55. The Bertz CT molecular complexity index is 1110. The summed E-state index contributed by atoms with van der Waals surface area (Å²) >= 11 is 0. The summed E-state index contributed by atoms with van der Waals surface area (Å²) in [5.74, 6) is 1.05. The second-order valence-electron chi connectivity index (χ2n) is 9.09. The third-order valence-electron chi connectivity index (χ3n) is 6.38. The highest BCUT2D eigenvalue weighted by Crippen LogP contribution is 2.39. The van der Waals surface area contributed by atoms with Crippen molar-refractivity contribution in [3.05, 3.63) is 40.6 Å². The Morgan fingerprint density at radius 2 is 2.13 bits per heavy atom. The van der Waals surface area contributed by atoms with Gasteiger partial charge >= 0.3 is 0 Å². The second-order valence-corrected chi connectivity index (χ2v) is 9.09. The molecule has 7 nitrogen and oxygen atoms in total. The van der Waals surface area contributed by atoms with Crippen molar-refractivity contribution in [3.8, 4) is 11.6 Å². The number of hydrogen-bond acceptors (Lipinski definition) is 6. The lowest BCUT2D eigenvalue weighted by atomic mass is 9.76. The molecule has 0 spiro atoms. The van der Waals surface area contributed by atoms with E-state index in [2.05, 4.69) is 35.5 Å². The van der Waals surface area contributed by atoms with Gasteiger partial charge in [0.2, 0.25) is 0 Å². The van der Waals surface area contributed by atoms with Crippen molar-refractivity contribution in [2.45, 2.75) is 59.4 Å². The molecule has 7 heteroatoms. The number of benzene rings is 1. The first-order valence-corrected chi connectivity index (χ1v) is 10.8. The molecule has 0 bridgehead atoms. The minimum atomic E-state index is 0.287. The van der Waals surface area contributed by atoms with E-state index in [0.717, 1.165) is 68.4 Å². The Labute approximate surface area is 176 Å². The molecule has 0 saturated heterocycles. The fraction of sp³-hybridized carbons (Fsp3) is 0.478. The van der Waals surface area contributed by atoms with Crippen LogP contribution in [0.2, 0.25) is 0 Å². The van der Waals surface area contributed by atoms with Crippen LogP contribution in [-0.2, 0) is 25.8 Å². The largest absolute Gasteiger partial charge is 0.330 e. The van der Waals surface area contributed by atoms with Crippen LogP contribution in [0.4, 0.5) is 11.6 Å². The van der Waals surface area contributed by atoms with Crippen LogP contribution in [0.1, 0.15) is 60.8 Å². The highest BCUT2D eigenvalue weighted by Gasteiger charge is 2.33. The first-order valence-electron chi connectivity index (χ1n) is 10.8. The minimum Gasteiger partial charge on any atom is -0.330 e. The van der Waals surface area contributed by atoms with Crippen LogP contribution in [-0.4, -0.2) is 32.8 Å². The van der Waals surface area contributed by atoms with Gasteiger partial charge in [-0.2, -0.15) is 10.1 Å². The van der Waals surface area contributed by atoms with Gasteiger partial charge in [-0.15, -0.1) is 0 Å². The average molecular weight is 406 g/mol. The molecule has 1 aromatic carbocycles. The molecule has 5 rings (SSSR count). The summed E-state index contributed by atoms with van der Waals surface area (Å²) in [6, 6.07) is 5.77. The second kappa shape index (κ2) is 7.07. The molecule has 0 radical (unpaired) electrons. The lowest BCUT2D eigenvalue weighted by molar-refractivity contribution is 0.112. The van der Waals surface area contributed by atoms with Crippen molar-refractivity contribution < 1.29 is 9.32 Å². The van der Waals surface area contributed by atoms with Crippen molar-refractivity contribution in [2.24, 2.45) is 5.41 Å². The molecule has 0 fully saturated rings. The van der Waals surface area contributed by atoms with Crippen molar-refractivity contribution >= 4 is 17.9 Å². The molecular formula is C23H27N5O2. The smallest absolute Gasteiger partial charge is 0.280 e. The first kappa shape index (κ1) is 19.0. The number of aldehydes is 1. The highest BCUT2D eigenvalue weighted by molar-refractivity contribution is 5.78. The SMILES string of the molecule is CCn1nc(-c2nc(N3CCCc4cc(C=O)ccc43)no2)c2c1CC(C)(C)CC2. The fourth-order valence-corrected chi connectivity index (χ4v) is 4.75. The summed E-state index contributed by atoms with van der Waals surface area (Å²) in [5, 5.41) is 9.13. The van der Waals surface area contributed by atoms with E-state index in [9.17, 15) is 4.79 Å². The number of aryl methyl sites for hydroxylation is 2. The van der Waals surface area contributed by atoms with Gasteiger partial charge in [0, 0.05) is 35.6 Å². The van der Waals surface area contributed by atoms with Gasteiger partial charge in [-0.25, -0.2) is 0 Å². The van der Waals surface area contributed by atoms with E-state index in [0.29, 0.717) is 17.4 Å². The highest BCUT2D eigenvalue weighted by atomic mass is 16.5. The summed E-state index contributed by atoms with van der Waals surface area (Å²) in [4.78, 5) is 17.9. The molecule has 0 unspecified atom stereocenters. The molecular weight excluding hydrogens is 378 g/mol. The fourth-order valence-electron chi connectivity index (χ4n) is 4.75. The molecule has 1 aliphatic carbocycles. The zero-order chi connectivity index (χ0) is 20.9. The predicted molar refractivity (Wildman–Crippen MR) is 114 cm³/mol. The van der Waals surface area contributed by atoms with Crippen LogP contribution in [0.25, 0.3) is 11.6 Å². The van der Waals surface area contributed by atoms with Gasteiger partial charge in [-0.05, 0) is 73.4 Å². The monoisotopic (exact) mass is 405 g/mol. The van der Waals surface area contributed by atoms with Gasteiger partial charge in [-0.1, -0.05) is 13.8 Å². The number of rotatable bonds is 4. The first-order chi connectivity index (χ1) is 14.5. The normalized spacial score (nSPS) is 17.5. The van der Waals surface area contributed by atoms with Crippen LogP contribution in [0.5, 0.6) is 0 Å². The molecule has 3 aromatic rings. The number of carbonyl (C=O) groups is 1. The van der Waals surface area contributed by atoms with E-state index in [1.807, 2.05) is 18.2 Å². The standard InChI is InChI=1S/C23H27N5O2/c1-4-28-19-13-23(2,3)10-9-17(19)20(25-28)21-24-22(26-30-21)27-11-5-6-16-12-15(14-29)7-8-18(16)27/h7-8,12,14H,4-6,9-11,13H2,1-3H3. The molecule has 3 heterocycles. The Kier molecular flexibility index (Phi) is 4.49. The van der Waals surface area contributed by atoms with Gasteiger partial charge in [0.1, 0.15) is 6.29 Å². The number of fused-ring (bicyclic) bond motifs is 2. The molecule has 2 aliphatic rings. The maximum Gasteiger partial charge on any atom is 0.280 e. The molecule has 0 amide bonds. The number of anilines is 2. The zero-order valence-electron chi connectivity index (χ0n) is 17.8. The number of aromatic nitrogens is 4. The van der Waals surface area contributed by atoms with Crippen LogP contribution >= 0.6 is 0 Å². The van der Waals surface area contributed by atoms with Gasteiger partial charge < -0.3 is 9.42 Å². The molecule has 0 N–H and O–H groups in total. The van der Waals surface area contributed by atoms with Gasteiger partial charge in [0.15, 0.2) is 5.69 Å². The Balaban J connectivity index is 1.51. The number of carbonyl (C=O) groups excluding carboxylic acids is 1.